The fourth-order valence-corrected chi connectivity index (χ4v) is 1.98. The fourth-order valence-electron chi connectivity index (χ4n) is 1.98. The van der Waals surface area contributed by atoms with Crippen molar-refractivity contribution in [3.8, 4) is 0 Å². The number of hydrogen-bond donors (Lipinski definition) is 1. The molecule has 2 rings (SSSR count). The van der Waals surface area contributed by atoms with Crippen LogP contribution >= 0.6 is 0 Å². The van der Waals surface area contributed by atoms with Crippen molar-refractivity contribution < 1.29 is 4.74 Å². The van der Waals surface area contributed by atoms with E-state index in [1.165, 1.54) is 17.7 Å². The SMILES string of the molecule is Cn1c(CC2COCCN2)cc(=O)n(C)c1=O. The van der Waals surface area contributed by atoms with Gasteiger partial charge < -0.3 is 14.6 Å². The van der Waals surface area contributed by atoms with Gasteiger partial charge >= 0.3 is 5.69 Å². The van der Waals surface area contributed by atoms with Gasteiger partial charge in [0.05, 0.1) is 13.2 Å². The summed E-state index contributed by atoms with van der Waals surface area (Å²) in [5.41, 5.74) is 0.185. The number of rotatable bonds is 2. The molecular weight excluding hydrogens is 222 g/mol. The molecule has 1 atom stereocenters. The summed E-state index contributed by atoms with van der Waals surface area (Å²) in [6, 6.07) is 1.68. The van der Waals surface area contributed by atoms with Crippen LogP contribution in [0.1, 0.15) is 5.69 Å². The lowest BCUT2D eigenvalue weighted by molar-refractivity contribution is 0.0764. The van der Waals surface area contributed by atoms with Crippen LogP contribution in [-0.4, -0.2) is 34.9 Å². The first-order valence-electron chi connectivity index (χ1n) is 5.66. The quantitative estimate of drug-likeness (QED) is 0.690. The predicted octanol–water partition coefficient (Wildman–Crippen LogP) is -1.39. The molecule has 1 aromatic heterocycles. The summed E-state index contributed by atoms with van der Waals surface area (Å²) in [5, 5.41) is 3.30. The van der Waals surface area contributed by atoms with E-state index in [2.05, 4.69) is 5.32 Å². The van der Waals surface area contributed by atoms with Gasteiger partial charge in [0.1, 0.15) is 0 Å². The highest BCUT2D eigenvalue weighted by Gasteiger charge is 2.16. The van der Waals surface area contributed by atoms with Crippen molar-refractivity contribution in [1.82, 2.24) is 14.5 Å². The van der Waals surface area contributed by atoms with Gasteiger partial charge in [-0.2, -0.15) is 0 Å². The first-order valence-corrected chi connectivity index (χ1v) is 5.66. The number of ether oxygens (including phenoxy) is 1. The summed E-state index contributed by atoms with van der Waals surface area (Å²) in [5.74, 6) is 0. The Labute approximate surface area is 98.8 Å². The molecule has 0 amide bonds. The van der Waals surface area contributed by atoms with Gasteiger partial charge in [-0.25, -0.2) is 4.79 Å². The summed E-state index contributed by atoms with van der Waals surface area (Å²) < 4.78 is 7.96. The first-order chi connectivity index (χ1) is 8.09. The number of hydrogen-bond acceptors (Lipinski definition) is 4. The normalized spacial score (nSPS) is 20.5. The van der Waals surface area contributed by atoms with Gasteiger partial charge in [-0.1, -0.05) is 0 Å². The predicted molar refractivity (Wildman–Crippen MR) is 63.2 cm³/mol. The molecule has 1 fully saturated rings. The molecule has 0 aromatic carbocycles. The average molecular weight is 239 g/mol. The molecule has 1 aliphatic rings. The van der Waals surface area contributed by atoms with Crippen LogP contribution in [0.4, 0.5) is 0 Å². The van der Waals surface area contributed by atoms with Gasteiger partial charge in [0, 0.05) is 44.9 Å². The van der Waals surface area contributed by atoms with E-state index in [9.17, 15) is 9.59 Å². The van der Waals surface area contributed by atoms with Crippen LogP contribution in [-0.2, 0) is 25.3 Å². The van der Waals surface area contributed by atoms with Gasteiger partial charge in [0.15, 0.2) is 0 Å². The van der Waals surface area contributed by atoms with E-state index in [0.29, 0.717) is 19.6 Å². The number of morpholine rings is 1. The van der Waals surface area contributed by atoms with Crippen LogP contribution in [0.3, 0.4) is 0 Å². The second-order valence-corrected chi connectivity index (χ2v) is 4.30. The van der Waals surface area contributed by atoms with Crippen LogP contribution in [0.25, 0.3) is 0 Å². The summed E-state index contributed by atoms with van der Waals surface area (Å²) in [4.78, 5) is 23.3. The van der Waals surface area contributed by atoms with Crippen molar-refractivity contribution in [3.05, 3.63) is 32.6 Å². The van der Waals surface area contributed by atoms with Crippen LogP contribution in [0.5, 0.6) is 0 Å². The van der Waals surface area contributed by atoms with Crippen LogP contribution in [0.15, 0.2) is 15.7 Å². The Kier molecular flexibility index (Phi) is 3.44. The van der Waals surface area contributed by atoms with Crippen molar-refractivity contribution in [3.63, 3.8) is 0 Å². The van der Waals surface area contributed by atoms with E-state index in [-0.39, 0.29) is 17.3 Å². The average Bonchev–Trinajstić information content (AvgIpc) is 2.35. The molecule has 0 saturated carbocycles. The maximum Gasteiger partial charge on any atom is 0.330 e. The Hall–Kier alpha value is -1.40. The zero-order valence-corrected chi connectivity index (χ0v) is 10.1. The minimum atomic E-state index is -0.288. The molecule has 0 aliphatic carbocycles. The van der Waals surface area contributed by atoms with Gasteiger partial charge in [-0.3, -0.25) is 9.36 Å². The molecular formula is C11H17N3O3. The standard InChI is InChI=1S/C11H17N3O3/c1-13-9(5-8-7-17-4-3-12-8)6-10(15)14(2)11(13)16/h6,8,12H,3-5,7H2,1-2H3. The van der Waals surface area contributed by atoms with Crippen LogP contribution in [0, 0.1) is 0 Å². The lowest BCUT2D eigenvalue weighted by Crippen LogP contribution is -2.45. The maximum absolute atomic E-state index is 11.7. The van der Waals surface area contributed by atoms with Crippen molar-refractivity contribution >= 4 is 0 Å². The van der Waals surface area contributed by atoms with Gasteiger partial charge in [-0.05, 0) is 0 Å². The summed E-state index contributed by atoms with van der Waals surface area (Å²) in [7, 11) is 3.16. The summed E-state index contributed by atoms with van der Waals surface area (Å²) >= 11 is 0. The molecule has 94 valence electrons. The smallest absolute Gasteiger partial charge is 0.330 e. The number of aromatic nitrogens is 2. The van der Waals surface area contributed by atoms with Gasteiger partial charge in [0.25, 0.3) is 5.56 Å². The van der Waals surface area contributed by atoms with Crippen LogP contribution in [0.2, 0.25) is 0 Å². The second kappa shape index (κ2) is 4.85. The van der Waals surface area contributed by atoms with E-state index < -0.39 is 0 Å². The minimum absolute atomic E-state index is 0.168. The van der Waals surface area contributed by atoms with Crippen molar-refractivity contribution in [2.75, 3.05) is 19.8 Å². The van der Waals surface area contributed by atoms with Crippen molar-refractivity contribution in [2.24, 2.45) is 14.1 Å². The summed E-state index contributed by atoms with van der Waals surface area (Å²) in [6.07, 6.45) is 0.627. The monoisotopic (exact) mass is 239 g/mol. The second-order valence-electron chi connectivity index (χ2n) is 4.30. The molecule has 2 heterocycles. The van der Waals surface area contributed by atoms with E-state index >= 15 is 0 Å². The Morgan fingerprint density at radius 2 is 2.18 bits per heavy atom. The fraction of sp³-hybridized carbons (Fsp3) is 0.636. The molecule has 0 radical (unpaired) electrons. The topological polar surface area (TPSA) is 65.3 Å². The lowest BCUT2D eigenvalue weighted by Gasteiger charge is -2.24. The molecule has 17 heavy (non-hydrogen) atoms. The number of nitrogens with zero attached hydrogens (tertiary/aromatic N) is 2. The minimum Gasteiger partial charge on any atom is -0.379 e. The molecule has 6 nitrogen and oxygen atoms in total. The molecule has 1 aliphatic heterocycles. The van der Waals surface area contributed by atoms with E-state index in [0.717, 1.165) is 16.8 Å². The molecule has 1 aromatic rings. The lowest BCUT2D eigenvalue weighted by atomic mass is 10.1. The Morgan fingerprint density at radius 3 is 2.82 bits per heavy atom. The first kappa shape index (κ1) is 12.1. The zero-order chi connectivity index (χ0) is 12.4. The van der Waals surface area contributed by atoms with Gasteiger partial charge in [0.2, 0.25) is 0 Å². The van der Waals surface area contributed by atoms with Crippen molar-refractivity contribution in [1.29, 1.82) is 0 Å². The van der Waals surface area contributed by atoms with Crippen molar-refractivity contribution in [2.45, 2.75) is 12.5 Å². The van der Waals surface area contributed by atoms with E-state index in [1.807, 2.05) is 0 Å². The largest absolute Gasteiger partial charge is 0.379 e. The molecule has 1 unspecified atom stereocenters. The van der Waals surface area contributed by atoms with E-state index in [4.69, 9.17) is 4.74 Å². The Balaban J connectivity index is 2.27. The Morgan fingerprint density at radius 1 is 1.41 bits per heavy atom. The number of nitrogens with one attached hydrogen (secondary N) is 1. The Bertz CT molecular complexity index is 512. The third kappa shape index (κ3) is 2.48. The van der Waals surface area contributed by atoms with Crippen LogP contribution < -0.4 is 16.6 Å². The molecule has 6 heteroatoms. The molecule has 1 N–H and O–H groups in total. The zero-order valence-electron chi connectivity index (χ0n) is 10.1. The maximum atomic E-state index is 11.7. The van der Waals surface area contributed by atoms with Gasteiger partial charge in [-0.15, -0.1) is 0 Å². The third-order valence-corrected chi connectivity index (χ3v) is 3.08. The highest BCUT2D eigenvalue weighted by Crippen LogP contribution is 2.01. The van der Waals surface area contributed by atoms with E-state index in [1.54, 1.807) is 7.05 Å². The summed E-state index contributed by atoms with van der Waals surface area (Å²) in [6.45, 7) is 2.14. The highest BCUT2D eigenvalue weighted by atomic mass is 16.5. The molecule has 0 bridgehead atoms. The molecule has 1 saturated heterocycles. The molecule has 0 spiro atoms. The third-order valence-electron chi connectivity index (χ3n) is 3.08. The highest BCUT2D eigenvalue weighted by molar-refractivity contribution is 5.04.